The lowest BCUT2D eigenvalue weighted by Gasteiger charge is -2.36. The number of thiocarbonyl (C=S) groups is 1. The highest BCUT2D eigenvalue weighted by atomic mass is 32.2. The van der Waals surface area contributed by atoms with Gasteiger partial charge in [0, 0.05) is 39.4 Å². The Morgan fingerprint density at radius 3 is 2.45 bits per heavy atom. The van der Waals surface area contributed by atoms with Crippen molar-refractivity contribution < 1.29 is 8.42 Å². The maximum atomic E-state index is 12.4. The van der Waals surface area contributed by atoms with E-state index in [1.165, 1.54) is 16.8 Å². The van der Waals surface area contributed by atoms with Gasteiger partial charge in [-0.15, -0.1) is 0 Å². The van der Waals surface area contributed by atoms with Gasteiger partial charge in [0.15, 0.2) is 5.03 Å². The van der Waals surface area contributed by atoms with Gasteiger partial charge in [0.25, 0.3) is 10.0 Å². The second kappa shape index (κ2) is 5.76. The van der Waals surface area contributed by atoms with E-state index in [0.29, 0.717) is 31.2 Å². The number of hydrogen-bond donors (Lipinski definition) is 1. The lowest BCUT2D eigenvalue weighted by atomic mass is 10.2. The second-order valence-electron chi connectivity index (χ2n) is 4.90. The summed E-state index contributed by atoms with van der Waals surface area (Å²) in [7, 11) is -1.76. The smallest absolute Gasteiger partial charge is 0.262 e. The van der Waals surface area contributed by atoms with Crippen LogP contribution < -0.4 is 5.73 Å². The number of nitrogens with zero attached hydrogens (tertiary/aromatic N) is 4. The molecule has 9 heteroatoms. The Hall–Kier alpha value is -1.03. The van der Waals surface area contributed by atoms with Crippen molar-refractivity contribution in [2.75, 3.05) is 26.2 Å². The van der Waals surface area contributed by atoms with Gasteiger partial charge in [-0.2, -0.15) is 4.31 Å². The van der Waals surface area contributed by atoms with Crippen LogP contribution in [-0.4, -0.2) is 64.4 Å². The molecule has 0 bridgehead atoms. The van der Waals surface area contributed by atoms with E-state index in [0.717, 1.165) is 0 Å². The fourth-order valence-corrected chi connectivity index (χ4v) is 3.70. The number of rotatable bonds is 4. The lowest BCUT2D eigenvalue weighted by molar-refractivity contribution is 0.174. The molecule has 0 spiro atoms. The minimum Gasteiger partial charge on any atom is -0.392 e. The van der Waals surface area contributed by atoms with E-state index in [1.54, 1.807) is 11.6 Å². The van der Waals surface area contributed by atoms with Crippen molar-refractivity contribution in [2.45, 2.75) is 18.0 Å². The third kappa shape index (κ3) is 3.00. The molecular weight excluding hydrogens is 298 g/mol. The van der Waals surface area contributed by atoms with E-state index < -0.39 is 10.0 Å². The normalized spacial score (nSPS) is 19.9. The van der Waals surface area contributed by atoms with Crippen molar-refractivity contribution in [3.8, 4) is 0 Å². The summed E-state index contributed by atoms with van der Waals surface area (Å²) < 4.78 is 27.9. The monoisotopic (exact) mass is 317 g/mol. The number of aromatic nitrogens is 2. The first-order valence-electron chi connectivity index (χ1n) is 6.34. The van der Waals surface area contributed by atoms with Gasteiger partial charge in [-0.1, -0.05) is 12.2 Å². The van der Waals surface area contributed by atoms with Gasteiger partial charge in [0.2, 0.25) is 0 Å². The van der Waals surface area contributed by atoms with Crippen LogP contribution in [0.2, 0.25) is 0 Å². The SMILES string of the molecule is CC(C(N)=S)N1CCN(S(=O)(=O)c2cn(C)cn2)CC1. The third-order valence-electron chi connectivity index (χ3n) is 3.52. The van der Waals surface area contributed by atoms with Crippen LogP contribution in [0.3, 0.4) is 0 Å². The molecule has 0 aromatic carbocycles. The summed E-state index contributed by atoms with van der Waals surface area (Å²) in [5, 5.41) is 0.0934. The van der Waals surface area contributed by atoms with Crippen molar-refractivity contribution in [3.63, 3.8) is 0 Å². The topological polar surface area (TPSA) is 84.5 Å². The predicted octanol–water partition coefficient (Wildman–Crippen LogP) is -0.599. The number of nitrogens with two attached hydrogens (primary N) is 1. The zero-order valence-corrected chi connectivity index (χ0v) is 13.2. The van der Waals surface area contributed by atoms with Crippen LogP contribution in [0.5, 0.6) is 0 Å². The first-order chi connectivity index (χ1) is 9.32. The van der Waals surface area contributed by atoms with Crippen LogP contribution in [0, 0.1) is 0 Å². The standard InChI is InChI=1S/C11H19N5O2S2/c1-9(11(12)19)15-3-5-16(6-4-15)20(17,18)10-7-14(2)8-13-10/h7-9H,3-6H2,1-2H3,(H2,12,19). The van der Waals surface area contributed by atoms with Crippen molar-refractivity contribution in [1.29, 1.82) is 0 Å². The largest absolute Gasteiger partial charge is 0.392 e. The van der Waals surface area contributed by atoms with Gasteiger partial charge in [-0.25, -0.2) is 13.4 Å². The molecule has 2 N–H and O–H groups in total. The highest BCUT2D eigenvalue weighted by Gasteiger charge is 2.31. The number of piperazine rings is 1. The van der Waals surface area contributed by atoms with Crippen LogP contribution in [-0.2, 0) is 17.1 Å². The Kier molecular flexibility index (Phi) is 4.43. The number of aryl methyl sites for hydroxylation is 1. The molecule has 7 nitrogen and oxygen atoms in total. The Labute approximate surface area is 124 Å². The molecule has 0 radical (unpaired) electrons. The molecule has 2 rings (SSSR count). The van der Waals surface area contributed by atoms with E-state index >= 15 is 0 Å². The lowest BCUT2D eigenvalue weighted by Crippen LogP contribution is -2.53. The summed E-state index contributed by atoms with van der Waals surface area (Å²) in [6.45, 7) is 4.01. The molecule has 1 saturated heterocycles. The maximum Gasteiger partial charge on any atom is 0.262 e. The fourth-order valence-electron chi connectivity index (χ4n) is 2.17. The zero-order valence-electron chi connectivity index (χ0n) is 11.6. The van der Waals surface area contributed by atoms with Gasteiger partial charge in [0.1, 0.15) is 0 Å². The average Bonchev–Trinajstić information content (AvgIpc) is 2.85. The molecule has 0 amide bonds. The molecule has 0 saturated carbocycles. The van der Waals surface area contributed by atoms with Crippen molar-refractivity contribution >= 4 is 27.2 Å². The van der Waals surface area contributed by atoms with Crippen molar-refractivity contribution in [1.82, 2.24) is 18.8 Å². The summed E-state index contributed by atoms with van der Waals surface area (Å²) in [6.07, 6.45) is 3.00. The molecular formula is C11H19N5O2S2. The minimum atomic E-state index is -3.50. The van der Waals surface area contributed by atoms with Crippen LogP contribution >= 0.6 is 12.2 Å². The predicted molar refractivity (Wildman–Crippen MR) is 79.8 cm³/mol. The molecule has 1 aliphatic rings. The van der Waals surface area contributed by atoms with Gasteiger partial charge in [0.05, 0.1) is 17.4 Å². The van der Waals surface area contributed by atoms with Gasteiger partial charge < -0.3 is 10.3 Å². The van der Waals surface area contributed by atoms with Crippen LogP contribution in [0.4, 0.5) is 0 Å². The van der Waals surface area contributed by atoms with Gasteiger partial charge in [-0.05, 0) is 6.92 Å². The van der Waals surface area contributed by atoms with Crippen molar-refractivity contribution in [3.05, 3.63) is 12.5 Å². The highest BCUT2D eigenvalue weighted by Crippen LogP contribution is 2.16. The maximum absolute atomic E-state index is 12.4. The number of imidazole rings is 1. The minimum absolute atomic E-state index is 0.00953. The van der Waals surface area contributed by atoms with E-state index in [9.17, 15) is 8.42 Å². The molecule has 2 heterocycles. The molecule has 112 valence electrons. The summed E-state index contributed by atoms with van der Waals surface area (Å²) in [5.41, 5.74) is 5.63. The zero-order chi connectivity index (χ0) is 14.9. The summed E-state index contributed by atoms with van der Waals surface area (Å²) in [4.78, 5) is 6.45. The second-order valence-corrected chi connectivity index (χ2v) is 7.25. The molecule has 1 atom stereocenters. The molecule has 1 aromatic heterocycles. The van der Waals surface area contributed by atoms with Crippen LogP contribution in [0.15, 0.2) is 17.6 Å². The molecule has 0 aliphatic carbocycles. The molecule has 1 aliphatic heterocycles. The quantitative estimate of drug-likeness (QED) is 0.747. The fraction of sp³-hybridized carbons (Fsp3) is 0.636. The Bertz CT molecular complexity index is 590. The molecule has 1 fully saturated rings. The van der Waals surface area contributed by atoms with Crippen LogP contribution in [0.25, 0.3) is 0 Å². The Morgan fingerprint density at radius 2 is 2.00 bits per heavy atom. The Morgan fingerprint density at radius 1 is 1.40 bits per heavy atom. The number of sulfonamides is 1. The average molecular weight is 317 g/mol. The number of hydrogen-bond acceptors (Lipinski definition) is 5. The van der Waals surface area contributed by atoms with E-state index in [-0.39, 0.29) is 11.1 Å². The van der Waals surface area contributed by atoms with Gasteiger partial charge in [-0.3, -0.25) is 4.90 Å². The Balaban J connectivity index is 2.05. The molecule has 1 aromatic rings. The summed E-state index contributed by atoms with van der Waals surface area (Å²) in [5.74, 6) is 0. The summed E-state index contributed by atoms with van der Waals surface area (Å²) in [6, 6.07) is -0.00953. The van der Waals surface area contributed by atoms with Gasteiger partial charge >= 0.3 is 0 Å². The summed E-state index contributed by atoms with van der Waals surface area (Å²) >= 11 is 4.97. The first kappa shape index (κ1) is 15.4. The van der Waals surface area contributed by atoms with Crippen molar-refractivity contribution in [2.24, 2.45) is 12.8 Å². The first-order valence-corrected chi connectivity index (χ1v) is 8.18. The van der Waals surface area contributed by atoms with E-state index in [1.807, 2.05) is 6.92 Å². The molecule has 20 heavy (non-hydrogen) atoms. The van der Waals surface area contributed by atoms with E-state index in [2.05, 4.69) is 9.88 Å². The van der Waals surface area contributed by atoms with E-state index in [4.69, 9.17) is 18.0 Å². The van der Waals surface area contributed by atoms with Crippen LogP contribution in [0.1, 0.15) is 6.92 Å². The third-order valence-corrected chi connectivity index (χ3v) is 5.64. The molecule has 1 unspecified atom stereocenters. The highest BCUT2D eigenvalue weighted by molar-refractivity contribution is 7.89.